The largest absolute Gasteiger partial charge is 0.507 e. The number of anilines is 1. The molecule has 0 unspecified atom stereocenters. The number of nitrogens with zero attached hydrogens (tertiary/aromatic N) is 1. The molecule has 0 saturated heterocycles. The summed E-state index contributed by atoms with van der Waals surface area (Å²) >= 11 is 0. The molecular formula is C11H8FN3O3. The number of benzene rings is 1. The maximum atomic E-state index is 13.4. The van der Waals surface area contributed by atoms with Crippen molar-refractivity contribution in [2.75, 3.05) is 5.32 Å². The molecule has 2 rings (SSSR count). The van der Waals surface area contributed by atoms with E-state index in [1.54, 1.807) is 0 Å². The standard InChI is InChI=1S/C11H8FN3O3/c12-6-2-1-3-7(16)10(6)11(18)13-8-4-5-9(17)15-14-8/h1-5,16H,(H,15,17)(H,13,14,18). The first-order valence-electron chi connectivity index (χ1n) is 4.92. The van der Waals surface area contributed by atoms with E-state index in [-0.39, 0.29) is 5.82 Å². The Balaban J connectivity index is 2.27. The van der Waals surface area contributed by atoms with Crippen molar-refractivity contribution in [2.24, 2.45) is 0 Å². The van der Waals surface area contributed by atoms with Crippen LogP contribution >= 0.6 is 0 Å². The zero-order valence-corrected chi connectivity index (χ0v) is 8.98. The van der Waals surface area contributed by atoms with Crippen LogP contribution in [0.4, 0.5) is 10.2 Å². The predicted molar refractivity (Wildman–Crippen MR) is 60.9 cm³/mol. The van der Waals surface area contributed by atoms with Crippen LogP contribution in [0.25, 0.3) is 0 Å². The highest BCUT2D eigenvalue weighted by Crippen LogP contribution is 2.20. The number of phenolic OH excluding ortho intramolecular Hbond substituents is 1. The van der Waals surface area contributed by atoms with E-state index in [1.165, 1.54) is 18.2 Å². The molecule has 2 aromatic rings. The van der Waals surface area contributed by atoms with E-state index in [0.717, 1.165) is 12.1 Å². The molecule has 0 atom stereocenters. The number of H-pyrrole nitrogens is 1. The third kappa shape index (κ3) is 2.34. The molecule has 1 amide bonds. The number of hydrogen-bond acceptors (Lipinski definition) is 4. The number of aromatic amines is 1. The molecule has 0 saturated carbocycles. The number of phenols is 1. The van der Waals surface area contributed by atoms with Crippen LogP contribution in [0.1, 0.15) is 10.4 Å². The Labute approximate surface area is 100 Å². The molecule has 0 spiro atoms. The molecule has 0 aliphatic heterocycles. The Bertz CT molecular complexity index is 613. The summed E-state index contributed by atoms with van der Waals surface area (Å²) in [5, 5.41) is 17.3. The Morgan fingerprint density at radius 2 is 2.11 bits per heavy atom. The van der Waals surface area contributed by atoms with Gasteiger partial charge in [-0.1, -0.05) is 6.07 Å². The summed E-state index contributed by atoms with van der Waals surface area (Å²) in [6.07, 6.45) is 0. The van der Waals surface area contributed by atoms with Crippen LogP contribution in [0.2, 0.25) is 0 Å². The number of aromatic hydroxyl groups is 1. The van der Waals surface area contributed by atoms with Gasteiger partial charge in [-0.3, -0.25) is 9.59 Å². The SMILES string of the molecule is O=C(Nc1ccc(=O)[nH]n1)c1c(O)cccc1F. The predicted octanol–water partition coefficient (Wildman–Crippen LogP) is 0.867. The lowest BCUT2D eigenvalue weighted by molar-refractivity contribution is 0.102. The Kier molecular flexibility index (Phi) is 3.05. The van der Waals surface area contributed by atoms with Gasteiger partial charge in [-0.15, -0.1) is 0 Å². The van der Waals surface area contributed by atoms with E-state index in [2.05, 4.69) is 15.5 Å². The average Bonchev–Trinajstić information content (AvgIpc) is 2.32. The number of carbonyl (C=O) groups is 1. The third-order valence-corrected chi connectivity index (χ3v) is 2.14. The van der Waals surface area contributed by atoms with Crippen molar-refractivity contribution >= 4 is 11.7 Å². The third-order valence-electron chi connectivity index (χ3n) is 2.14. The van der Waals surface area contributed by atoms with Crippen molar-refractivity contribution in [3.05, 3.63) is 52.1 Å². The topological polar surface area (TPSA) is 95.1 Å². The van der Waals surface area contributed by atoms with E-state index in [1.807, 2.05) is 0 Å². The van der Waals surface area contributed by atoms with Crippen molar-refractivity contribution < 1.29 is 14.3 Å². The lowest BCUT2D eigenvalue weighted by Gasteiger charge is -2.06. The molecule has 0 bridgehead atoms. The highest BCUT2D eigenvalue weighted by Gasteiger charge is 2.16. The van der Waals surface area contributed by atoms with E-state index < -0.39 is 28.6 Å². The van der Waals surface area contributed by atoms with E-state index in [4.69, 9.17) is 0 Å². The normalized spacial score (nSPS) is 10.1. The lowest BCUT2D eigenvalue weighted by atomic mass is 10.1. The van der Waals surface area contributed by atoms with Gasteiger partial charge in [0.2, 0.25) is 0 Å². The van der Waals surface area contributed by atoms with E-state index in [0.29, 0.717) is 0 Å². The average molecular weight is 249 g/mol. The van der Waals surface area contributed by atoms with Gasteiger partial charge in [-0.25, -0.2) is 9.49 Å². The Hall–Kier alpha value is -2.70. The van der Waals surface area contributed by atoms with Crippen molar-refractivity contribution in [3.8, 4) is 5.75 Å². The number of aromatic nitrogens is 2. The second kappa shape index (κ2) is 4.66. The lowest BCUT2D eigenvalue weighted by Crippen LogP contribution is -2.17. The molecule has 0 aliphatic carbocycles. The van der Waals surface area contributed by atoms with Gasteiger partial charge in [-0.05, 0) is 18.2 Å². The summed E-state index contributed by atoms with van der Waals surface area (Å²) in [5.41, 5.74) is -0.910. The van der Waals surface area contributed by atoms with Crippen molar-refractivity contribution in [1.29, 1.82) is 0 Å². The monoisotopic (exact) mass is 249 g/mol. The number of amides is 1. The van der Waals surface area contributed by atoms with Gasteiger partial charge < -0.3 is 10.4 Å². The van der Waals surface area contributed by atoms with Crippen molar-refractivity contribution in [3.63, 3.8) is 0 Å². The summed E-state index contributed by atoms with van der Waals surface area (Å²) in [7, 11) is 0. The van der Waals surface area contributed by atoms with Gasteiger partial charge in [0.05, 0.1) is 0 Å². The minimum Gasteiger partial charge on any atom is -0.507 e. The van der Waals surface area contributed by atoms with E-state index >= 15 is 0 Å². The Morgan fingerprint density at radius 1 is 1.33 bits per heavy atom. The van der Waals surface area contributed by atoms with Crippen LogP contribution in [0.3, 0.4) is 0 Å². The van der Waals surface area contributed by atoms with Crippen LogP contribution in [0.15, 0.2) is 35.1 Å². The van der Waals surface area contributed by atoms with E-state index in [9.17, 15) is 19.1 Å². The maximum Gasteiger partial charge on any atom is 0.264 e. The van der Waals surface area contributed by atoms with Crippen LogP contribution in [0, 0.1) is 5.82 Å². The van der Waals surface area contributed by atoms with Crippen LogP contribution < -0.4 is 10.9 Å². The molecule has 6 nitrogen and oxygen atoms in total. The number of rotatable bonds is 2. The zero-order valence-electron chi connectivity index (χ0n) is 8.98. The highest BCUT2D eigenvalue weighted by atomic mass is 19.1. The fraction of sp³-hybridized carbons (Fsp3) is 0. The Morgan fingerprint density at radius 3 is 2.72 bits per heavy atom. The number of nitrogens with one attached hydrogen (secondary N) is 2. The molecule has 18 heavy (non-hydrogen) atoms. The first kappa shape index (κ1) is 11.8. The van der Waals surface area contributed by atoms with Gasteiger partial charge in [-0.2, -0.15) is 5.10 Å². The van der Waals surface area contributed by atoms with Gasteiger partial charge in [0.25, 0.3) is 11.5 Å². The quantitative estimate of drug-likeness (QED) is 0.735. The van der Waals surface area contributed by atoms with Crippen molar-refractivity contribution in [1.82, 2.24) is 10.2 Å². The molecule has 1 aromatic heterocycles. The van der Waals surface area contributed by atoms with Gasteiger partial charge >= 0.3 is 0 Å². The van der Waals surface area contributed by atoms with Gasteiger partial charge in [0, 0.05) is 6.07 Å². The molecule has 0 fully saturated rings. The van der Waals surface area contributed by atoms with Gasteiger partial charge in [0.15, 0.2) is 5.82 Å². The maximum absolute atomic E-state index is 13.4. The highest BCUT2D eigenvalue weighted by molar-refractivity contribution is 6.05. The fourth-order valence-corrected chi connectivity index (χ4v) is 1.33. The fourth-order valence-electron chi connectivity index (χ4n) is 1.33. The first-order chi connectivity index (χ1) is 8.58. The van der Waals surface area contributed by atoms with Crippen molar-refractivity contribution in [2.45, 2.75) is 0 Å². The molecule has 0 radical (unpaired) electrons. The smallest absolute Gasteiger partial charge is 0.264 e. The zero-order chi connectivity index (χ0) is 13.1. The minimum atomic E-state index is -0.856. The van der Waals surface area contributed by atoms with Crippen LogP contribution in [-0.2, 0) is 0 Å². The molecular weight excluding hydrogens is 241 g/mol. The molecule has 7 heteroatoms. The molecule has 1 heterocycles. The molecule has 92 valence electrons. The first-order valence-corrected chi connectivity index (χ1v) is 4.92. The summed E-state index contributed by atoms with van der Waals surface area (Å²) < 4.78 is 13.4. The minimum absolute atomic E-state index is 0.0438. The second-order valence-corrected chi connectivity index (χ2v) is 3.39. The second-order valence-electron chi connectivity index (χ2n) is 3.39. The summed E-state index contributed by atoms with van der Waals surface area (Å²) in [6, 6.07) is 5.94. The summed E-state index contributed by atoms with van der Waals surface area (Å²) in [6.45, 7) is 0. The number of halogens is 1. The molecule has 3 N–H and O–H groups in total. The summed E-state index contributed by atoms with van der Waals surface area (Å²) in [5.74, 6) is -2.14. The van der Waals surface area contributed by atoms with Crippen LogP contribution in [-0.4, -0.2) is 21.2 Å². The van der Waals surface area contributed by atoms with Crippen LogP contribution in [0.5, 0.6) is 5.75 Å². The summed E-state index contributed by atoms with van der Waals surface area (Å²) in [4.78, 5) is 22.5. The number of carbonyl (C=O) groups excluding carboxylic acids is 1. The number of hydrogen-bond donors (Lipinski definition) is 3. The van der Waals surface area contributed by atoms with Gasteiger partial charge in [0.1, 0.15) is 17.1 Å². The molecule has 0 aliphatic rings. The molecule has 1 aromatic carbocycles.